The Morgan fingerprint density at radius 1 is 1.67 bits per heavy atom. The van der Waals surface area contributed by atoms with Gasteiger partial charge in [-0.2, -0.15) is 0 Å². The molecule has 0 spiro atoms. The van der Waals surface area contributed by atoms with Gasteiger partial charge in [-0.1, -0.05) is 6.08 Å². The fourth-order valence-corrected chi connectivity index (χ4v) is 1.25. The van der Waals surface area contributed by atoms with Crippen LogP contribution >= 0.6 is 0 Å². The van der Waals surface area contributed by atoms with Crippen molar-refractivity contribution in [2.24, 2.45) is 5.73 Å². The van der Waals surface area contributed by atoms with Crippen molar-refractivity contribution in [1.29, 1.82) is 0 Å². The monoisotopic (exact) mass is 164 g/mol. The number of aromatic nitrogens is 1. The van der Waals surface area contributed by atoms with Gasteiger partial charge in [-0.3, -0.25) is 0 Å². The summed E-state index contributed by atoms with van der Waals surface area (Å²) in [5.74, 6) is 0. The normalized spacial score (nSPS) is 15.6. The van der Waals surface area contributed by atoms with Crippen molar-refractivity contribution < 1.29 is 0 Å². The molecule has 0 aromatic carbocycles. The first kappa shape index (κ1) is 9.07. The summed E-state index contributed by atoms with van der Waals surface area (Å²) in [5.41, 5.74) is 7.96. The van der Waals surface area contributed by atoms with Gasteiger partial charge in [-0.15, -0.1) is 6.58 Å². The molecule has 0 saturated carbocycles. The van der Waals surface area contributed by atoms with Crippen LogP contribution in [0.3, 0.4) is 0 Å². The molecular weight excluding hydrogens is 148 g/mol. The zero-order chi connectivity index (χ0) is 9.19. The van der Waals surface area contributed by atoms with E-state index >= 15 is 0 Å². The van der Waals surface area contributed by atoms with Crippen LogP contribution < -0.4 is 5.73 Å². The number of nitrogens with two attached hydrogens (primary N) is 1. The van der Waals surface area contributed by atoms with Gasteiger partial charge in [0, 0.05) is 11.4 Å². The smallest absolute Gasteiger partial charge is 0.0567 e. The van der Waals surface area contributed by atoms with Gasteiger partial charge in [0.2, 0.25) is 0 Å². The van der Waals surface area contributed by atoms with E-state index in [4.69, 9.17) is 5.73 Å². The first-order valence-corrected chi connectivity index (χ1v) is 4.12. The maximum atomic E-state index is 6.06. The van der Waals surface area contributed by atoms with Crippen molar-refractivity contribution in [1.82, 2.24) is 4.98 Å². The molecule has 1 heterocycles. The summed E-state index contributed by atoms with van der Waals surface area (Å²) in [6.45, 7) is 7.71. The number of aromatic amines is 1. The van der Waals surface area contributed by atoms with Crippen molar-refractivity contribution >= 4 is 0 Å². The predicted molar refractivity (Wildman–Crippen MR) is 51.9 cm³/mol. The van der Waals surface area contributed by atoms with Crippen molar-refractivity contribution in [2.45, 2.75) is 25.8 Å². The Bertz CT molecular complexity index is 271. The van der Waals surface area contributed by atoms with Crippen LogP contribution in [-0.4, -0.2) is 4.98 Å². The average molecular weight is 164 g/mol. The van der Waals surface area contributed by atoms with E-state index in [0.29, 0.717) is 0 Å². The third kappa shape index (κ3) is 1.77. The third-order valence-corrected chi connectivity index (χ3v) is 2.02. The van der Waals surface area contributed by atoms with Crippen LogP contribution in [0.15, 0.2) is 24.8 Å². The van der Waals surface area contributed by atoms with E-state index in [1.165, 1.54) is 0 Å². The first-order valence-electron chi connectivity index (χ1n) is 4.12. The summed E-state index contributed by atoms with van der Waals surface area (Å²) in [4.78, 5) is 3.23. The fraction of sp³-hybridized carbons (Fsp3) is 0.400. The highest BCUT2D eigenvalue weighted by Crippen LogP contribution is 2.20. The van der Waals surface area contributed by atoms with E-state index < -0.39 is 0 Å². The van der Waals surface area contributed by atoms with Crippen molar-refractivity contribution in [3.63, 3.8) is 0 Å². The Balaban J connectivity index is 2.88. The quantitative estimate of drug-likeness (QED) is 0.660. The minimum Gasteiger partial charge on any atom is -0.361 e. The van der Waals surface area contributed by atoms with Crippen LogP contribution in [0, 0.1) is 6.92 Å². The Morgan fingerprint density at radius 2 is 2.33 bits per heavy atom. The number of nitrogens with one attached hydrogen (secondary N) is 1. The van der Waals surface area contributed by atoms with E-state index in [1.54, 1.807) is 0 Å². The lowest BCUT2D eigenvalue weighted by Gasteiger charge is -2.21. The molecule has 0 aliphatic heterocycles. The molecule has 0 unspecified atom stereocenters. The van der Waals surface area contributed by atoms with E-state index in [2.05, 4.69) is 11.6 Å². The highest BCUT2D eigenvalue weighted by atomic mass is 14.8. The zero-order valence-electron chi connectivity index (χ0n) is 7.72. The maximum Gasteiger partial charge on any atom is 0.0567 e. The zero-order valence-corrected chi connectivity index (χ0v) is 7.72. The van der Waals surface area contributed by atoms with E-state index in [-0.39, 0.29) is 5.54 Å². The molecule has 2 nitrogen and oxygen atoms in total. The minimum absolute atomic E-state index is 0.310. The lowest BCUT2D eigenvalue weighted by molar-refractivity contribution is 0.488. The number of aryl methyl sites for hydroxylation is 1. The molecule has 2 heteroatoms. The summed E-state index contributed by atoms with van der Waals surface area (Å²) in [6.07, 6.45) is 2.63. The van der Waals surface area contributed by atoms with Gasteiger partial charge in [-0.05, 0) is 32.4 Å². The van der Waals surface area contributed by atoms with Gasteiger partial charge < -0.3 is 10.7 Å². The minimum atomic E-state index is -0.310. The number of rotatable bonds is 3. The topological polar surface area (TPSA) is 41.8 Å². The second-order valence-electron chi connectivity index (χ2n) is 3.47. The molecule has 1 aromatic heterocycles. The molecule has 0 aliphatic carbocycles. The lowest BCUT2D eigenvalue weighted by atomic mass is 9.95. The molecule has 0 radical (unpaired) electrons. The third-order valence-electron chi connectivity index (χ3n) is 2.02. The van der Waals surface area contributed by atoms with E-state index in [0.717, 1.165) is 17.8 Å². The molecule has 0 aliphatic rings. The van der Waals surface area contributed by atoms with Gasteiger partial charge in [0.15, 0.2) is 0 Å². The highest BCUT2D eigenvalue weighted by molar-refractivity contribution is 5.19. The molecule has 1 rings (SSSR count). The van der Waals surface area contributed by atoms with Crippen LogP contribution in [0.5, 0.6) is 0 Å². The molecule has 12 heavy (non-hydrogen) atoms. The predicted octanol–water partition coefficient (Wildman–Crippen LogP) is 2.07. The van der Waals surface area contributed by atoms with Crippen molar-refractivity contribution in [3.8, 4) is 0 Å². The highest BCUT2D eigenvalue weighted by Gasteiger charge is 2.20. The SMILES string of the molecule is C=CC[C@@](C)(N)c1ccc(C)[nH]1. The van der Waals surface area contributed by atoms with Gasteiger partial charge >= 0.3 is 0 Å². The van der Waals surface area contributed by atoms with E-state index in [9.17, 15) is 0 Å². The van der Waals surface area contributed by atoms with Gasteiger partial charge in [0.1, 0.15) is 0 Å². The van der Waals surface area contributed by atoms with Crippen LogP contribution in [0.4, 0.5) is 0 Å². The molecule has 0 bridgehead atoms. The second kappa shape index (κ2) is 3.15. The number of hydrogen-bond acceptors (Lipinski definition) is 1. The molecule has 1 aromatic rings. The van der Waals surface area contributed by atoms with Crippen LogP contribution in [0.25, 0.3) is 0 Å². The Hall–Kier alpha value is -1.02. The van der Waals surface area contributed by atoms with Gasteiger partial charge in [0.25, 0.3) is 0 Å². The fourth-order valence-electron chi connectivity index (χ4n) is 1.25. The second-order valence-corrected chi connectivity index (χ2v) is 3.47. The molecule has 66 valence electrons. The van der Waals surface area contributed by atoms with Gasteiger partial charge in [0.05, 0.1) is 5.54 Å². The number of H-pyrrole nitrogens is 1. The van der Waals surface area contributed by atoms with Gasteiger partial charge in [-0.25, -0.2) is 0 Å². The Morgan fingerprint density at radius 3 is 2.75 bits per heavy atom. The Kier molecular flexibility index (Phi) is 2.38. The van der Waals surface area contributed by atoms with Crippen molar-refractivity contribution in [3.05, 3.63) is 36.2 Å². The summed E-state index contributed by atoms with van der Waals surface area (Å²) in [6, 6.07) is 4.06. The molecule has 0 fully saturated rings. The lowest BCUT2D eigenvalue weighted by Crippen LogP contribution is -2.32. The summed E-state index contributed by atoms with van der Waals surface area (Å²) in [7, 11) is 0. The standard InChI is InChI=1S/C10H16N2/c1-4-7-10(3,11)9-6-5-8(2)12-9/h4-6,12H,1,7,11H2,2-3H3/t10-/m1/s1. The molecule has 3 N–H and O–H groups in total. The largest absolute Gasteiger partial charge is 0.361 e. The summed E-state index contributed by atoms with van der Waals surface area (Å²) in [5, 5.41) is 0. The summed E-state index contributed by atoms with van der Waals surface area (Å²) < 4.78 is 0. The van der Waals surface area contributed by atoms with Crippen LogP contribution in [0.2, 0.25) is 0 Å². The number of hydrogen-bond donors (Lipinski definition) is 2. The van der Waals surface area contributed by atoms with Crippen molar-refractivity contribution in [2.75, 3.05) is 0 Å². The van der Waals surface area contributed by atoms with Crippen LogP contribution in [-0.2, 0) is 5.54 Å². The Labute approximate surface area is 73.5 Å². The maximum absolute atomic E-state index is 6.06. The molecule has 1 atom stereocenters. The van der Waals surface area contributed by atoms with E-state index in [1.807, 2.05) is 32.1 Å². The molecule has 0 amide bonds. The molecule has 0 saturated heterocycles. The van der Waals surface area contributed by atoms with Crippen LogP contribution in [0.1, 0.15) is 24.7 Å². The first-order chi connectivity index (χ1) is 5.56. The molecular formula is C10H16N2. The summed E-state index contributed by atoms with van der Waals surface area (Å²) >= 11 is 0. The average Bonchev–Trinajstić information content (AvgIpc) is 2.36.